The van der Waals surface area contributed by atoms with Crippen molar-refractivity contribution in [2.75, 3.05) is 7.11 Å². The molecule has 0 bridgehead atoms. The van der Waals surface area contributed by atoms with Gasteiger partial charge in [0.1, 0.15) is 11.2 Å². The molecule has 0 aromatic heterocycles. The largest absolute Gasteiger partial charge is 0.469 e. The van der Waals surface area contributed by atoms with Crippen molar-refractivity contribution in [2.24, 2.45) is 50.7 Å². The standard InChI is InChI=1S/C33H54O3/c1-22(10-13-26(34)35-8)32-20-18-31(7)25-12-11-24-28(4)16-9-15-27(2,3)23(28)14-17-29(24,5)30(25,6)19-21-33(31,32)36-32/h22-25H,9-21H2,1-8H3/t22-,23+,24-,25+,28+,29-,30-,31-,32+,33+/m1/s1. The monoisotopic (exact) mass is 498 g/mol. The molecular formula is C33H54O3. The topological polar surface area (TPSA) is 38.8 Å². The highest BCUT2D eigenvalue weighted by atomic mass is 16.6. The van der Waals surface area contributed by atoms with Gasteiger partial charge in [0.15, 0.2) is 0 Å². The number of hydrogen-bond acceptors (Lipinski definition) is 3. The van der Waals surface area contributed by atoms with E-state index in [1.54, 1.807) is 0 Å². The predicted molar refractivity (Wildman–Crippen MR) is 144 cm³/mol. The Morgan fingerprint density at radius 2 is 1.47 bits per heavy atom. The van der Waals surface area contributed by atoms with Gasteiger partial charge in [-0.3, -0.25) is 4.79 Å². The van der Waals surface area contributed by atoms with Crippen molar-refractivity contribution in [1.82, 2.24) is 0 Å². The SMILES string of the molecule is COC(=O)CC[C@@H](C)[C@@]12CC[C@]3(C)[C@H]4CC[C@@H]5[C@@]6(C)CCCC(C)(C)[C@@H]6CC[C@@]5(C)[C@]4(C)CC[C@@]13O2. The minimum absolute atomic E-state index is 0.00584. The molecule has 1 spiro atoms. The van der Waals surface area contributed by atoms with E-state index in [2.05, 4.69) is 48.5 Å². The third-order valence-electron chi connectivity index (χ3n) is 15.1. The van der Waals surface area contributed by atoms with Crippen molar-refractivity contribution >= 4 is 5.97 Å². The summed E-state index contributed by atoms with van der Waals surface area (Å²) in [6.07, 6.45) is 16.5. The van der Waals surface area contributed by atoms with Gasteiger partial charge in [-0.15, -0.1) is 0 Å². The van der Waals surface area contributed by atoms with Gasteiger partial charge in [-0.1, -0.05) is 54.9 Å². The number of fused-ring (bicyclic) bond motifs is 6. The molecule has 204 valence electrons. The van der Waals surface area contributed by atoms with E-state index in [0.29, 0.717) is 34.0 Å². The summed E-state index contributed by atoms with van der Waals surface area (Å²) in [7, 11) is 1.51. The molecule has 10 atom stereocenters. The second-order valence-corrected chi connectivity index (χ2v) is 16.2. The number of carbonyl (C=O) groups excluding carboxylic acids is 1. The molecule has 1 aliphatic heterocycles. The van der Waals surface area contributed by atoms with Gasteiger partial charge in [-0.2, -0.15) is 0 Å². The molecule has 0 amide bonds. The van der Waals surface area contributed by atoms with Crippen LogP contribution in [-0.4, -0.2) is 24.3 Å². The second-order valence-electron chi connectivity index (χ2n) is 16.2. The summed E-state index contributed by atoms with van der Waals surface area (Å²) in [6.45, 7) is 18.4. The molecule has 3 nitrogen and oxygen atoms in total. The lowest BCUT2D eigenvalue weighted by Gasteiger charge is -2.73. The van der Waals surface area contributed by atoms with E-state index >= 15 is 0 Å². The summed E-state index contributed by atoms with van der Waals surface area (Å²) in [5.41, 5.74) is 2.19. The molecule has 6 rings (SSSR count). The Labute approximate surface area is 221 Å². The first-order chi connectivity index (χ1) is 16.8. The third-order valence-corrected chi connectivity index (χ3v) is 15.1. The molecule has 1 saturated heterocycles. The molecule has 6 fully saturated rings. The lowest BCUT2D eigenvalue weighted by Crippen LogP contribution is -2.67. The molecule has 3 heteroatoms. The van der Waals surface area contributed by atoms with Crippen molar-refractivity contribution < 1.29 is 14.3 Å². The highest BCUT2D eigenvalue weighted by Crippen LogP contribution is 2.84. The summed E-state index contributed by atoms with van der Waals surface area (Å²) >= 11 is 0. The highest BCUT2D eigenvalue weighted by Gasteiger charge is 2.86. The number of epoxide rings is 1. The maximum atomic E-state index is 11.9. The van der Waals surface area contributed by atoms with Crippen molar-refractivity contribution in [3.05, 3.63) is 0 Å². The molecule has 0 aromatic carbocycles. The van der Waals surface area contributed by atoms with Crippen molar-refractivity contribution in [3.8, 4) is 0 Å². The summed E-state index contributed by atoms with van der Waals surface area (Å²) in [5.74, 6) is 2.87. The fourth-order valence-corrected chi connectivity index (χ4v) is 13.2. The first-order valence-corrected chi connectivity index (χ1v) is 15.5. The number of hydrogen-bond donors (Lipinski definition) is 0. The molecule has 0 N–H and O–H groups in total. The predicted octanol–water partition coefficient (Wildman–Crippen LogP) is 8.34. The van der Waals surface area contributed by atoms with E-state index in [1.165, 1.54) is 77.7 Å². The van der Waals surface area contributed by atoms with Crippen LogP contribution in [0.1, 0.15) is 132 Å². The highest BCUT2D eigenvalue weighted by molar-refractivity contribution is 5.69. The van der Waals surface area contributed by atoms with Crippen molar-refractivity contribution in [1.29, 1.82) is 0 Å². The van der Waals surface area contributed by atoms with E-state index in [-0.39, 0.29) is 22.6 Å². The molecular weight excluding hydrogens is 444 g/mol. The van der Waals surface area contributed by atoms with Crippen LogP contribution >= 0.6 is 0 Å². The van der Waals surface area contributed by atoms with Crippen LogP contribution in [-0.2, 0) is 14.3 Å². The Bertz CT molecular complexity index is 941. The van der Waals surface area contributed by atoms with Gasteiger partial charge in [-0.25, -0.2) is 0 Å². The smallest absolute Gasteiger partial charge is 0.305 e. The Balaban J connectivity index is 1.30. The van der Waals surface area contributed by atoms with Crippen LogP contribution in [0.5, 0.6) is 0 Å². The van der Waals surface area contributed by atoms with E-state index < -0.39 is 0 Å². The third kappa shape index (κ3) is 2.78. The molecule has 6 aliphatic rings. The summed E-state index contributed by atoms with van der Waals surface area (Å²) in [5, 5.41) is 0. The minimum atomic E-state index is -0.0776. The normalized spacial score (nSPS) is 55.3. The van der Waals surface area contributed by atoms with E-state index in [9.17, 15) is 4.79 Å². The molecule has 5 aliphatic carbocycles. The molecule has 1 heterocycles. The Morgan fingerprint density at radius 3 is 2.19 bits per heavy atom. The first kappa shape index (κ1) is 25.7. The van der Waals surface area contributed by atoms with Crippen LogP contribution < -0.4 is 0 Å². The number of carbonyl (C=O) groups is 1. The van der Waals surface area contributed by atoms with Gasteiger partial charge in [0, 0.05) is 11.8 Å². The molecule has 5 saturated carbocycles. The zero-order valence-corrected chi connectivity index (χ0v) is 24.7. The molecule has 0 radical (unpaired) electrons. The number of methoxy groups -OCH3 is 1. The van der Waals surface area contributed by atoms with E-state index in [4.69, 9.17) is 9.47 Å². The number of rotatable bonds is 4. The molecule has 0 aromatic rings. The maximum Gasteiger partial charge on any atom is 0.305 e. The summed E-state index contributed by atoms with van der Waals surface area (Å²) in [6, 6.07) is 0. The van der Waals surface area contributed by atoms with Crippen LogP contribution in [0.2, 0.25) is 0 Å². The Morgan fingerprint density at radius 1 is 0.806 bits per heavy atom. The zero-order valence-electron chi connectivity index (χ0n) is 24.7. The molecule has 36 heavy (non-hydrogen) atoms. The van der Waals surface area contributed by atoms with Crippen LogP contribution in [0.3, 0.4) is 0 Å². The molecule has 0 unspecified atom stereocenters. The van der Waals surface area contributed by atoms with Crippen molar-refractivity contribution in [2.45, 2.75) is 143 Å². The van der Waals surface area contributed by atoms with Crippen LogP contribution in [0.15, 0.2) is 0 Å². The van der Waals surface area contributed by atoms with Crippen molar-refractivity contribution in [3.63, 3.8) is 0 Å². The van der Waals surface area contributed by atoms with E-state index in [1.807, 2.05) is 0 Å². The second kappa shape index (κ2) is 7.54. The first-order valence-electron chi connectivity index (χ1n) is 15.5. The quantitative estimate of drug-likeness (QED) is 0.289. The maximum absolute atomic E-state index is 11.9. The van der Waals surface area contributed by atoms with Crippen LogP contribution in [0.4, 0.5) is 0 Å². The van der Waals surface area contributed by atoms with Gasteiger partial charge in [-0.05, 0) is 116 Å². The Hall–Kier alpha value is -0.570. The number of esters is 1. The Kier molecular flexibility index (Phi) is 5.38. The fraction of sp³-hybridized carbons (Fsp3) is 0.970. The van der Waals surface area contributed by atoms with Crippen LogP contribution in [0.25, 0.3) is 0 Å². The van der Waals surface area contributed by atoms with Gasteiger partial charge in [0.25, 0.3) is 0 Å². The number of ether oxygens (including phenoxy) is 2. The minimum Gasteiger partial charge on any atom is -0.469 e. The lowest BCUT2D eigenvalue weighted by molar-refractivity contribution is -0.244. The van der Waals surface area contributed by atoms with E-state index in [0.717, 1.165) is 24.2 Å². The average Bonchev–Trinajstić information content (AvgIpc) is 3.42. The van der Waals surface area contributed by atoms with Gasteiger partial charge < -0.3 is 9.47 Å². The summed E-state index contributed by atoms with van der Waals surface area (Å²) in [4.78, 5) is 11.9. The van der Waals surface area contributed by atoms with Gasteiger partial charge >= 0.3 is 5.97 Å². The van der Waals surface area contributed by atoms with Gasteiger partial charge in [0.2, 0.25) is 0 Å². The fourth-order valence-electron chi connectivity index (χ4n) is 13.2. The van der Waals surface area contributed by atoms with Gasteiger partial charge in [0.05, 0.1) is 7.11 Å². The lowest BCUT2D eigenvalue weighted by atomic mass is 9.32. The summed E-state index contributed by atoms with van der Waals surface area (Å²) < 4.78 is 12.0. The average molecular weight is 499 g/mol. The zero-order chi connectivity index (χ0) is 26.0. The van der Waals surface area contributed by atoms with Crippen LogP contribution in [0, 0.1) is 50.7 Å².